The van der Waals surface area contributed by atoms with Crippen LogP contribution in [-0.4, -0.2) is 27.9 Å². The number of thiazole rings is 1. The fourth-order valence-corrected chi connectivity index (χ4v) is 3.37. The number of hydrogen-bond donors (Lipinski definition) is 0. The standard InChI is InChI=1S/C19H18N2O3S/c1-12-10-14(13(2)21(12)3)16(22)11-24-19(23)9-8-18-20-15-6-4-5-7-17(15)25-18/h4-10H,11H2,1-3H3/b9-8+. The first-order chi connectivity index (χ1) is 12.0. The summed E-state index contributed by atoms with van der Waals surface area (Å²) in [5.41, 5.74) is 3.33. The van der Waals surface area contributed by atoms with Gasteiger partial charge in [-0.1, -0.05) is 12.1 Å². The van der Waals surface area contributed by atoms with Crippen LogP contribution in [0.25, 0.3) is 16.3 Å². The number of ketones is 1. The van der Waals surface area contributed by atoms with Gasteiger partial charge in [-0.25, -0.2) is 9.78 Å². The Balaban J connectivity index is 1.60. The SMILES string of the molecule is Cc1cc(C(=O)COC(=O)/C=C/c2nc3ccccc3s2)c(C)n1C. The minimum atomic E-state index is -0.557. The molecule has 2 heterocycles. The Morgan fingerprint density at radius 2 is 2.04 bits per heavy atom. The fourth-order valence-electron chi connectivity index (χ4n) is 2.50. The molecule has 0 aliphatic carbocycles. The van der Waals surface area contributed by atoms with E-state index in [1.165, 1.54) is 17.4 Å². The molecular formula is C19H18N2O3S. The van der Waals surface area contributed by atoms with Crippen molar-refractivity contribution >= 4 is 39.4 Å². The number of para-hydroxylation sites is 1. The summed E-state index contributed by atoms with van der Waals surface area (Å²) >= 11 is 1.49. The molecule has 0 unspecified atom stereocenters. The highest BCUT2D eigenvalue weighted by Gasteiger charge is 2.15. The van der Waals surface area contributed by atoms with Crippen LogP contribution < -0.4 is 0 Å². The molecule has 0 amide bonds. The second-order valence-electron chi connectivity index (χ2n) is 5.73. The van der Waals surface area contributed by atoms with Crippen LogP contribution in [0.2, 0.25) is 0 Å². The van der Waals surface area contributed by atoms with Crippen LogP contribution in [0.3, 0.4) is 0 Å². The average molecular weight is 354 g/mol. The van der Waals surface area contributed by atoms with Gasteiger partial charge in [-0.2, -0.15) is 0 Å². The molecule has 0 saturated heterocycles. The van der Waals surface area contributed by atoms with E-state index in [-0.39, 0.29) is 12.4 Å². The Hall–Kier alpha value is -2.73. The number of fused-ring (bicyclic) bond motifs is 1. The van der Waals surface area contributed by atoms with Crippen LogP contribution in [0.5, 0.6) is 0 Å². The number of aromatic nitrogens is 2. The zero-order chi connectivity index (χ0) is 18.0. The van der Waals surface area contributed by atoms with Gasteiger partial charge in [-0.3, -0.25) is 4.79 Å². The van der Waals surface area contributed by atoms with Crippen molar-refractivity contribution in [2.24, 2.45) is 7.05 Å². The molecule has 0 aliphatic heterocycles. The van der Waals surface area contributed by atoms with Crippen LogP contribution in [0.4, 0.5) is 0 Å². The summed E-state index contributed by atoms with van der Waals surface area (Å²) in [6, 6.07) is 9.57. The number of carbonyl (C=O) groups excluding carboxylic acids is 2. The molecule has 3 aromatic rings. The van der Waals surface area contributed by atoms with E-state index in [0.717, 1.165) is 26.6 Å². The number of Topliss-reactive ketones (excluding diaryl/α,β-unsaturated/α-hetero) is 1. The van der Waals surface area contributed by atoms with Crippen molar-refractivity contribution in [3.63, 3.8) is 0 Å². The Morgan fingerprint density at radius 1 is 1.28 bits per heavy atom. The minimum Gasteiger partial charge on any atom is -0.454 e. The van der Waals surface area contributed by atoms with E-state index in [2.05, 4.69) is 4.98 Å². The van der Waals surface area contributed by atoms with Gasteiger partial charge >= 0.3 is 5.97 Å². The van der Waals surface area contributed by atoms with Gasteiger partial charge in [-0.05, 0) is 38.1 Å². The number of carbonyl (C=O) groups is 2. The third-order valence-electron chi connectivity index (χ3n) is 4.09. The lowest BCUT2D eigenvalue weighted by molar-refractivity contribution is -0.136. The summed E-state index contributed by atoms with van der Waals surface area (Å²) in [4.78, 5) is 28.4. The zero-order valence-electron chi connectivity index (χ0n) is 14.3. The molecule has 0 spiro atoms. The number of aryl methyl sites for hydroxylation is 1. The molecule has 3 rings (SSSR count). The maximum Gasteiger partial charge on any atom is 0.331 e. The van der Waals surface area contributed by atoms with Crippen LogP contribution in [0.15, 0.2) is 36.4 Å². The predicted octanol–water partition coefficient (Wildman–Crippen LogP) is 3.69. The summed E-state index contributed by atoms with van der Waals surface area (Å²) < 4.78 is 8.04. The zero-order valence-corrected chi connectivity index (χ0v) is 15.1. The van der Waals surface area contributed by atoms with Crippen molar-refractivity contribution < 1.29 is 14.3 Å². The number of ether oxygens (including phenoxy) is 1. The molecule has 1 aromatic carbocycles. The monoisotopic (exact) mass is 354 g/mol. The molecular weight excluding hydrogens is 336 g/mol. The topological polar surface area (TPSA) is 61.2 Å². The Labute approximate surface area is 149 Å². The molecule has 0 atom stereocenters. The minimum absolute atomic E-state index is 0.206. The summed E-state index contributed by atoms with van der Waals surface area (Å²) in [6.45, 7) is 3.53. The van der Waals surface area contributed by atoms with Crippen molar-refractivity contribution in [2.75, 3.05) is 6.61 Å². The van der Waals surface area contributed by atoms with Crippen LogP contribution in [0, 0.1) is 13.8 Å². The van der Waals surface area contributed by atoms with Gasteiger partial charge in [-0.15, -0.1) is 11.3 Å². The van der Waals surface area contributed by atoms with Crippen LogP contribution >= 0.6 is 11.3 Å². The van der Waals surface area contributed by atoms with Gasteiger partial charge in [0, 0.05) is 30.1 Å². The van der Waals surface area contributed by atoms with Crippen molar-refractivity contribution in [2.45, 2.75) is 13.8 Å². The summed E-state index contributed by atoms with van der Waals surface area (Å²) in [5, 5.41) is 0.721. The molecule has 2 aromatic heterocycles. The number of hydrogen-bond acceptors (Lipinski definition) is 5. The molecule has 0 bridgehead atoms. The molecule has 128 valence electrons. The average Bonchev–Trinajstić information content (AvgIpc) is 3.14. The van der Waals surface area contributed by atoms with Gasteiger partial charge in [0.15, 0.2) is 6.61 Å². The van der Waals surface area contributed by atoms with E-state index in [9.17, 15) is 9.59 Å². The van der Waals surface area contributed by atoms with Gasteiger partial charge in [0.05, 0.1) is 10.2 Å². The molecule has 25 heavy (non-hydrogen) atoms. The van der Waals surface area contributed by atoms with E-state index in [0.29, 0.717) is 5.56 Å². The number of esters is 1. The Kier molecular flexibility index (Phi) is 4.81. The summed E-state index contributed by atoms with van der Waals surface area (Å²) in [5.74, 6) is -0.763. The van der Waals surface area contributed by atoms with E-state index < -0.39 is 5.97 Å². The smallest absolute Gasteiger partial charge is 0.331 e. The summed E-state index contributed by atoms with van der Waals surface area (Å²) in [6.07, 6.45) is 2.91. The fraction of sp³-hybridized carbons (Fsp3) is 0.211. The Morgan fingerprint density at radius 3 is 2.72 bits per heavy atom. The van der Waals surface area contributed by atoms with E-state index in [1.54, 1.807) is 6.08 Å². The van der Waals surface area contributed by atoms with Crippen molar-refractivity contribution in [3.8, 4) is 0 Å². The lowest BCUT2D eigenvalue weighted by Crippen LogP contribution is -2.13. The lowest BCUT2D eigenvalue weighted by Gasteiger charge is -2.02. The second kappa shape index (κ2) is 7.03. The molecule has 6 heteroatoms. The van der Waals surface area contributed by atoms with Gasteiger partial charge in [0.1, 0.15) is 5.01 Å². The van der Waals surface area contributed by atoms with Crippen LogP contribution in [-0.2, 0) is 16.6 Å². The van der Waals surface area contributed by atoms with Gasteiger partial charge < -0.3 is 9.30 Å². The first kappa shape index (κ1) is 17.1. The van der Waals surface area contributed by atoms with Gasteiger partial charge in [0.25, 0.3) is 0 Å². The van der Waals surface area contributed by atoms with Gasteiger partial charge in [0.2, 0.25) is 5.78 Å². The highest BCUT2D eigenvalue weighted by Crippen LogP contribution is 2.22. The summed E-state index contributed by atoms with van der Waals surface area (Å²) in [7, 11) is 1.90. The molecule has 0 radical (unpaired) electrons. The first-order valence-corrected chi connectivity index (χ1v) is 8.64. The van der Waals surface area contributed by atoms with Crippen LogP contribution in [0.1, 0.15) is 26.8 Å². The normalized spacial score (nSPS) is 11.3. The maximum atomic E-state index is 12.2. The molecule has 0 aliphatic rings. The van der Waals surface area contributed by atoms with E-state index in [4.69, 9.17) is 4.74 Å². The highest BCUT2D eigenvalue weighted by molar-refractivity contribution is 7.19. The number of benzene rings is 1. The number of nitrogens with zero attached hydrogens (tertiary/aromatic N) is 2. The largest absolute Gasteiger partial charge is 0.454 e. The van der Waals surface area contributed by atoms with Crippen molar-refractivity contribution in [1.29, 1.82) is 0 Å². The van der Waals surface area contributed by atoms with Crippen molar-refractivity contribution in [3.05, 3.63) is 58.4 Å². The van der Waals surface area contributed by atoms with Crippen molar-refractivity contribution in [1.82, 2.24) is 9.55 Å². The molecule has 0 fully saturated rings. The quantitative estimate of drug-likeness (QED) is 0.398. The molecule has 0 saturated carbocycles. The molecule has 5 nitrogen and oxygen atoms in total. The second-order valence-corrected chi connectivity index (χ2v) is 6.79. The Bertz CT molecular complexity index is 949. The van der Waals surface area contributed by atoms with E-state index >= 15 is 0 Å². The highest BCUT2D eigenvalue weighted by atomic mass is 32.1. The predicted molar refractivity (Wildman–Crippen MR) is 98.8 cm³/mol. The lowest BCUT2D eigenvalue weighted by atomic mass is 10.1. The first-order valence-electron chi connectivity index (χ1n) is 7.82. The third kappa shape index (κ3) is 3.69. The van der Waals surface area contributed by atoms with E-state index in [1.807, 2.05) is 55.8 Å². The third-order valence-corrected chi connectivity index (χ3v) is 5.10. The number of rotatable bonds is 5. The molecule has 0 N–H and O–H groups in total. The maximum absolute atomic E-state index is 12.2.